The van der Waals surface area contributed by atoms with Crippen molar-refractivity contribution >= 4 is 33.7 Å². The molecule has 0 heterocycles. The Kier molecular flexibility index (Phi) is 5.31. The zero-order valence-corrected chi connectivity index (χ0v) is 11.9. The van der Waals surface area contributed by atoms with E-state index in [0.29, 0.717) is 12.3 Å². The smallest absolute Gasteiger partial charge is 0.308 e. The first-order valence-corrected chi connectivity index (χ1v) is 5.60. The van der Waals surface area contributed by atoms with Crippen molar-refractivity contribution in [1.29, 1.82) is 0 Å². The Morgan fingerprint density at radius 2 is 1.83 bits per heavy atom. The molecule has 2 rings (SSSR count). The van der Waals surface area contributed by atoms with Crippen LogP contribution in [-0.4, -0.2) is 12.5 Å². The Bertz CT molecular complexity index is 554. The lowest BCUT2D eigenvalue weighted by Gasteiger charge is -2.05. The van der Waals surface area contributed by atoms with Crippen LogP contribution in [0.3, 0.4) is 0 Å². The summed E-state index contributed by atoms with van der Waals surface area (Å²) in [7, 11) is 0. The van der Waals surface area contributed by atoms with Crippen LogP contribution in [0.25, 0.3) is 10.8 Å². The van der Waals surface area contributed by atoms with E-state index in [-0.39, 0.29) is 23.0 Å². The Balaban J connectivity index is 0.00000162. The lowest BCUT2D eigenvalue weighted by Crippen LogP contribution is -2.02. The number of nitrogens with two attached hydrogens (primary N) is 1. The summed E-state index contributed by atoms with van der Waals surface area (Å²) in [6.45, 7) is 2.05. The maximum absolute atomic E-state index is 10.9. The van der Waals surface area contributed by atoms with Crippen molar-refractivity contribution in [3.8, 4) is 5.75 Å². The van der Waals surface area contributed by atoms with Gasteiger partial charge in [-0.15, -0.1) is 17.0 Å². The summed E-state index contributed by atoms with van der Waals surface area (Å²) < 4.78 is 5.04. The summed E-state index contributed by atoms with van der Waals surface area (Å²) in [5.41, 5.74) is 6.75. The predicted octanol–water partition coefficient (Wildman–Crippen LogP) is 2.84. The van der Waals surface area contributed by atoms with Gasteiger partial charge in [-0.1, -0.05) is 24.3 Å². The van der Waals surface area contributed by atoms with E-state index in [1.54, 1.807) is 6.07 Å². The Labute approximate surface area is 117 Å². The van der Waals surface area contributed by atoms with Gasteiger partial charge in [0.1, 0.15) is 5.75 Å². The Morgan fingerprint density at radius 3 is 2.50 bits per heavy atom. The van der Waals surface area contributed by atoms with Crippen molar-refractivity contribution < 1.29 is 9.53 Å². The molecule has 18 heavy (non-hydrogen) atoms. The number of fused-ring (bicyclic) bond motifs is 1. The molecule has 96 valence electrons. The maximum atomic E-state index is 10.9. The van der Waals surface area contributed by atoms with Crippen molar-refractivity contribution in [1.82, 2.24) is 0 Å². The first kappa shape index (κ1) is 14.7. The van der Waals surface area contributed by atoms with Gasteiger partial charge in [-0.25, -0.2) is 0 Å². The summed E-state index contributed by atoms with van der Waals surface area (Å²) >= 11 is 0. The third kappa shape index (κ3) is 3.55. The number of carbonyl (C=O) groups excluding carboxylic acids is 1. The normalized spacial score (nSPS) is 9.89. The van der Waals surface area contributed by atoms with Gasteiger partial charge in [0, 0.05) is 6.92 Å². The minimum absolute atomic E-state index is 0. The van der Waals surface area contributed by atoms with Crippen LogP contribution in [0.5, 0.6) is 5.75 Å². The molecule has 0 aliphatic heterocycles. The minimum atomic E-state index is -0.302. The lowest BCUT2D eigenvalue weighted by atomic mass is 10.0. The van der Waals surface area contributed by atoms with E-state index in [1.165, 1.54) is 12.5 Å². The zero-order valence-electron chi connectivity index (χ0n) is 10.2. The summed E-state index contributed by atoms with van der Waals surface area (Å²) in [4.78, 5) is 10.9. The standard InChI is InChI=1S/C14H15NO2.BrH/c1-10(16)17-14-5-4-12-8-11(6-7-15)2-3-13(12)9-14;/h2-5,8-9H,6-7,15H2,1H3;1H. The van der Waals surface area contributed by atoms with Crippen molar-refractivity contribution in [3.05, 3.63) is 42.0 Å². The number of esters is 1. The zero-order chi connectivity index (χ0) is 12.3. The summed E-state index contributed by atoms with van der Waals surface area (Å²) in [6.07, 6.45) is 0.877. The predicted molar refractivity (Wildman–Crippen MR) is 78.3 cm³/mol. The van der Waals surface area contributed by atoms with Crippen LogP contribution in [0.1, 0.15) is 12.5 Å². The van der Waals surface area contributed by atoms with Gasteiger partial charge in [0.15, 0.2) is 0 Å². The van der Waals surface area contributed by atoms with Crippen molar-refractivity contribution in [2.45, 2.75) is 13.3 Å². The monoisotopic (exact) mass is 309 g/mol. The molecular weight excluding hydrogens is 294 g/mol. The number of hydrogen-bond acceptors (Lipinski definition) is 3. The van der Waals surface area contributed by atoms with E-state index in [4.69, 9.17) is 10.5 Å². The third-order valence-corrected chi connectivity index (χ3v) is 2.57. The molecule has 0 amide bonds. The SMILES string of the molecule is Br.CC(=O)Oc1ccc2cc(CCN)ccc2c1. The molecule has 0 aliphatic carbocycles. The molecule has 0 radical (unpaired) electrons. The topological polar surface area (TPSA) is 52.3 Å². The fourth-order valence-corrected chi connectivity index (χ4v) is 1.82. The first-order chi connectivity index (χ1) is 8.19. The van der Waals surface area contributed by atoms with Crippen molar-refractivity contribution in [2.24, 2.45) is 5.73 Å². The van der Waals surface area contributed by atoms with Crippen LogP contribution in [0.4, 0.5) is 0 Å². The largest absolute Gasteiger partial charge is 0.427 e. The van der Waals surface area contributed by atoms with Crippen LogP contribution < -0.4 is 10.5 Å². The number of ether oxygens (including phenoxy) is 1. The number of rotatable bonds is 3. The summed E-state index contributed by atoms with van der Waals surface area (Å²) in [5, 5.41) is 2.19. The van der Waals surface area contributed by atoms with Gasteiger partial charge in [0.05, 0.1) is 0 Å². The minimum Gasteiger partial charge on any atom is -0.427 e. The molecule has 0 saturated heterocycles. The van der Waals surface area contributed by atoms with Gasteiger partial charge >= 0.3 is 5.97 Å². The van der Waals surface area contributed by atoms with E-state index in [9.17, 15) is 4.79 Å². The van der Waals surface area contributed by atoms with Crippen molar-refractivity contribution in [2.75, 3.05) is 6.54 Å². The van der Waals surface area contributed by atoms with Gasteiger partial charge in [0.25, 0.3) is 0 Å². The molecule has 3 nitrogen and oxygen atoms in total. The van der Waals surface area contributed by atoms with Gasteiger partial charge in [-0.05, 0) is 41.4 Å². The molecule has 2 N–H and O–H groups in total. The van der Waals surface area contributed by atoms with Crippen molar-refractivity contribution in [3.63, 3.8) is 0 Å². The molecule has 0 atom stereocenters. The van der Waals surface area contributed by atoms with Crippen LogP contribution >= 0.6 is 17.0 Å². The lowest BCUT2D eigenvalue weighted by molar-refractivity contribution is -0.131. The Hall–Kier alpha value is -1.39. The summed E-state index contributed by atoms with van der Waals surface area (Å²) in [5.74, 6) is 0.278. The second-order valence-electron chi connectivity index (χ2n) is 3.98. The molecule has 0 saturated carbocycles. The molecule has 4 heteroatoms. The molecule has 0 spiro atoms. The molecular formula is C14H16BrNO2. The molecule has 0 aliphatic rings. The maximum Gasteiger partial charge on any atom is 0.308 e. The van der Waals surface area contributed by atoms with Crippen LogP contribution in [-0.2, 0) is 11.2 Å². The number of hydrogen-bond donors (Lipinski definition) is 1. The van der Waals surface area contributed by atoms with Gasteiger partial charge < -0.3 is 10.5 Å². The highest BCUT2D eigenvalue weighted by molar-refractivity contribution is 8.93. The van der Waals surface area contributed by atoms with E-state index in [1.807, 2.05) is 24.3 Å². The second kappa shape index (κ2) is 6.52. The van der Waals surface area contributed by atoms with Crippen LogP contribution in [0.2, 0.25) is 0 Å². The van der Waals surface area contributed by atoms with Crippen LogP contribution in [0, 0.1) is 0 Å². The highest BCUT2D eigenvalue weighted by atomic mass is 79.9. The van der Waals surface area contributed by atoms with Crippen LogP contribution in [0.15, 0.2) is 36.4 Å². The fraction of sp³-hybridized carbons (Fsp3) is 0.214. The quantitative estimate of drug-likeness (QED) is 0.700. The molecule has 0 fully saturated rings. The highest BCUT2D eigenvalue weighted by Gasteiger charge is 2.01. The molecule has 2 aromatic rings. The second-order valence-corrected chi connectivity index (χ2v) is 3.98. The molecule has 0 unspecified atom stereocenters. The van der Waals surface area contributed by atoms with E-state index >= 15 is 0 Å². The number of halogens is 1. The van der Waals surface area contributed by atoms with E-state index < -0.39 is 0 Å². The third-order valence-electron chi connectivity index (χ3n) is 2.57. The molecule has 0 bridgehead atoms. The van der Waals surface area contributed by atoms with E-state index in [2.05, 4.69) is 6.07 Å². The number of benzene rings is 2. The van der Waals surface area contributed by atoms with Gasteiger partial charge in [-0.3, -0.25) is 4.79 Å². The first-order valence-electron chi connectivity index (χ1n) is 5.60. The average Bonchev–Trinajstić information content (AvgIpc) is 2.29. The average molecular weight is 310 g/mol. The molecule has 2 aromatic carbocycles. The van der Waals surface area contributed by atoms with Gasteiger partial charge in [0.2, 0.25) is 0 Å². The van der Waals surface area contributed by atoms with Gasteiger partial charge in [-0.2, -0.15) is 0 Å². The Morgan fingerprint density at radius 1 is 1.17 bits per heavy atom. The highest BCUT2D eigenvalue weighted by Crippen LogP contribution is 2.22. The summed E-state index contributed by atoms with van der Waals surface area (Å²) in [6, 6.07) is 11.8. The van der Waals surface area contributed by atoms with E-state index in [0.717, 1.165) is 17.2 Å². The molecule has 0 aromatic heterocycles. The fourth-order valence-electron chi connectivity index (χ4n) is 1.82. The number of carbonyl (C=O) groups is 1.